The van der Waals surface area contributed by atoms with Crippen LogP contribution in [0.3, 0.4) is 0 Å². The molecule has 0 spiro atoms. The van der Waals surface area contributed by atoms with Crippen LogP contribution in [-0.4, -0.2) is 53.0 Å². The monoisotopic (exact) mass is 359 g/mol. The molecule has 1 aliphatic heterocycles. The van der Waals surface area contributed by atoms with Gasteiger partial charge in [0.25, 0.3) is 5.56 Å². The highest BCUT2D eigenvalue weighted by Gasteiger charge is 2.23. The Bertz CT molecular complexity index is 884. The molecule has 140 valence electrons. The van der Waals surface area contributed by atoms with E-state index in [4.69, 9.17) is 9.47 Å². The molecular weight excluding hydrogens is 334 g/mol. The van der Waals surface area contributed by atoms with Crippen molar-refractivity contribution in [1.82, 2.24) is 19.1 Å². The number of hydrogen-bond donors (Lipinski definition) is 0. The summed E-state index contributed by atoms with van der Waals surface area (Å²) < 4.78 is 13.8. The number of rotatable bonds is 6. The van der Waals surface area contributed by atoms with Gasteiger partial charge in [-0.3, -0.25) is 13.9 Å². The van der Waals surface area contributed by atoms with Crippen LogP contribution in [-0.2, 0) is 17.8 Å². The average molecular weight is 359 g/mol. The average Bonchev–Trinajstić information content (AvgIpc) is 3.04. The minimum Gasteiger partial charge on any atom is -0.468 e. The van der Waals surface area contributed by atoms with E-state index in [0.717, 1.165) is 31.9 Å². The number of nitrogens with zero attached hydrogens (tertiary/aromatic N) is 5. The standard InChI is InChI=1S/C18H25N5O3/c1-4-5-11-22-14-15(19-17(22)21-9-7-6-8-10-21)20-18(26-3)23(16(14)24)12-13-25-2/h6-13H2,1-3H3. The third kappa shape index (κ3) is 3.40. The Hall–Kier alpha value is -2.53. The molecular formula is C18H25N5O3. The molecule has 8 nitrogen and oxygen atoms in total. The first-order valence-corrected chi connectivity index (χ1v) is 8.89. The molecule has 8 heteroatoms. The number of fused-ring (bicyclic) bond motifs is 1. The predicted molar refractivity (Wildman–Crippen MR) is 99.7 cm³/mol. The second-order valence-corrected chi connectivity index (χ2v) is 6.19. The number of aromatic nitrogens is 4. The lowest BCUT2D eigenvalue weighted by Gasteiger charge is -2.27. The number of imidazole rings is 1. The fourth-order valence-corrected chi connectivity index (χ4v) is 3.26. The lowest BCUT2D eigenvalue weighted by Crippen LogP contribution is -2.32. The third-order valence-corrected chi connectivity index (χ3v) is 4.56. The molecule has 2 aromatic rings. The van der Waals surface area contributed by atoms with Crippen LogP contribution in [0.15, 0.2) is 4.79 Å². The molecule has 2 aromatic heterocycles. The van der Waals surface area contributed by atoms with Crippen molar-refractivity contribution >= 4 is 17.1 Å². The van der Waals surface area contributed by atoms with Gasteiger partial charge in [0.15, 0.2) is 11.2 Å². The van der Waals surface area contributed by atoms with E-state index in [1.165, 1.54) is 18.1 Å². The SMILES string of the molecule is CC#CCn1c(N2CCCCC2)nc2nc(OC)n(CCOC)c(=O)c21. The predicted octanol–water partition coefficient (Wildman–Crippen LogP) is 1.26. The summed E-state index contributed by atoms with van der Waals surface area (Å²) in [7, 11) is 3.10. The van der Waals surface area contributed by atoms with E-state index in [0.29, 0.717) is 30.9 Å². The van der Waals surface area contributed by atoms with Crippen LogP contribution in [0.2, 0.25) is 0 Å². The number of hydrogen-bond acceptors (Lipinski definition) is 6. The maximum atomic E-state index is 13.2. The molecule has 1 fully saturated rings. The summed E-state index contributed by atoms with van der Waals surface area (Å²) in [5.74, 6) is 6.72. The van der Waals surface area contributed by atoms with Gasteiger partial charge in [0, 0.05) is 20.2 Å². The second kappa shape index (κ2) is 8.23. The number of anilines is 1. The van der Waals surface area contributed by atoms with Crippen LogP contribution in [0.25, 0.3) is 11.2 Å². The largest absolute Gasteiger partial charge is 0.468 e. The number of piperidine rings is 1. The Labute approximate surface area is 152 Å². The van der Waals surface area contributed by atoms with Crippen molar-refractivity contribution < 1.29 is 9.47 Å². The Morgan fingerprint density at radius 2 is 1.88 bits per heavy atom. The van der Waals surface area contributed by atoms with E-state index in [1.807, 2.05) is 4.57 Å². The lowest BCUT2D eigenvalue weighted by atomic mass is 10.1. The molecule has 0 unspecified atom stereocenters. The molecule has 3 rings (SSSR count). The highest BCUT2D eigenvalue weighted by Crippen LogP contribution is 2.24. The zero-order valence-electron chi connectivity index (χ0n) is 15.6. The van der Waals surface area contributed by atoms with Crippen LogP contribution in [0, 0.1) is 11.8 Å². The minimum absolute atomic E-state index is 0.183. The first-order chi connectivity index (χ1) is 12.7. The van der Waals surface area contributed by atoms with E-state index in [9.17, 15) is 4.79 Å². The van der Waals surface area contributed by atoms with Crippen molar-refractivity contribution in [3.63, 3.8) is 0 Å². The minimum atomic E-state index is -0.183. The Balaban J connectivity index is 2.19. The van der Waals surface area contributed by atoms with Gasteiger partial charge in [0.05, 0.1) is 26.8 Å². The first-order valence-electron chi connectivity index (χ1n) is 8.89. The van der Waals surface area contributed by atoms with Gasteiger partial charge in [-0.2, -0.15) is 9.97 Å². The second-order valence-electron chi connectivity index (χ2n) is 6.19. The third-order valence-electron chi connectivity index (χ3n) is 4.56. The fourth-order valence-electron chi connectivity index (χ4n) is 3.26. The van der Waals surface area contributed by atoms with Gasteiger partial charge in [-0.25, -0.2) is 0 Å². The molecule has 3 heterocycles. The van der Waals surface area contributed by atoms with Crippen LogP contribution in [0.5, 0.6) is 6.01 Å². The Morgan fingerprint density at radius 3 is 2.54 bits per heavy atom. The van der Waals surface area contributed by atoms with Gasteiger partial charge in [-0.1, -0.05) is 5.92 Å². The molecule has 1 aliphatic rings. The van der Waals surface area contributed by atoms with Crippen molar-refractivity contribution in [3.05, 3.63) is 10.4 Å². The molecule has 0 N–H and O–H groups in total. The van der Waals surface area contributed by atoms with E-state index in [1.54, 1.807) is 14.0 Å². The van der Waals surface area contributed by atoms with Gasteiger partial charge in [-0.15, -0.1) is 5.92 Å². The molecule has 0 aromatic carbocycles. The van der Waals surface area contributed by atoms with E-state index in [-0.39, 0.29) is 11.6 Å². The quantitative estimate of drug-likeness (QED) is 0.723. The lowest BCUT2D eigenvalue weighted by molar-refractivity contribution is 0.181. The highest BCUT2D eigenvalue weighted by atomic mass is 16.5. The van der Waals surface area contributed by atoms with Crippen molar-refractivity contribution in [3.8, 4) is 17.9 Å². The van der Waals surface area contributed by atoms with Crippen molar-refractivity contribution in [2.24, 2.45) is 0 Å². The first kappa shape index (κ1) is 18.3. The molecule has 0 aliphatic carbocycles. The van der Waals surface area contributed by atoms with Crippen molar-refractivity contribution in [1.29, 1.82) is 0 Å². The van der Waals surface area contributed by atoms with Gasteiger partial charge in [0.1, 0.15) is 0 Å². The highest BCUT2D eigenvalue weighted by molar-refractivity contribution is 5.74. The molecule has 0 amide bonds. The fraction of sp³-hybridized carbons (Fsp3) is 0.611. The van der Waals surface area contributed by atoms with Gasteiger partial charge < -0.3 is 14.4 Å². The van der Waals surface area contributed by atoms with Crippen LogP contribution < -0.4 is 15.2 Å². The van der Waals surface area contributed by atoms with E-state index in [2.05, 4.69) is 26.7 Å². The molecule has 26 heavy (non-hydrogen) atoms. The number of ether oxygens (including phenoxy) is 2. The maximum absolute atomic E-state index is 13.2. The number of methoxy groups -OCH3 is 2. The summed E-state index contributed by atoms with van der Waals surface area (Å²) >= 11 is 0. The van der Waals surface area contributed by atoms with Crippen molar-refractivity contribution in [2.45, 2.75) is 39.3 Å². The van der Waals surface area contributed by atoms with Gasteiger partial charge in [0.2, 0.25) is 5.95 Å². The molecule has 0 radical (unpaired) electrons. The van der Waals surface area contributed by atoms with Crippen LogP contribution in [0.4, 0.5) is 5.95 Å². The van der Waals surface area contributed by atoms with E-state index >= 15 is 0 Å². The van der Waals surface area contributed by atoms with Crippen molar-refractivity contribution in [2.75, 3.05) is 38.8 Å². The van der Waals surface area contributed by atoms with E-state index < -0.39 is 0 Å². The molecule has 0 bridgehead atoms. The molecule has 0 saturated carbocycles. The summed E-state index contributed by atoms with van der Waals surface area (Å²) in [6.45, 7) is 4.82. The summed E-state index contributed by atoms with van der Waals surface area (Å²) in [5, 5.41) is 0. The van der Waals surface area contributed by atoms with Gasteiger partial charge in [-0.05, 0) is 26.2 Å². The zero-order valence-corrected chi connectivity index (χ0v) is 15.6. The topological polar surface area (TPSA) is 74.4 Å². The summed E-state index contributed by atoms with van der Waals surface area (Å²) in [5.41, 5.74) is 0.682. The van der Waals surface area contributed by atoms with Crippen LogP contribution in [0.1, 0.15) is 26.2 Å². The maximum Gasteiger partial charge on any atom is 0.301 e. The van der Waals surface area contributed by atoms with Gasteiger partial charge >= 0.3 is 6.01 Å². The zero-order chi connectivity index (χ0) is 18.5. The smallest absolute Gasteiger partial charge is 0.301 e. The normalized spacial score (nSPS) is 14.3. The summed E-state index contributed by atoms with van der Waals surface area (Å²) in [6.07, 6.45) is 3.47. The Morgan fingerprint density at radius 1 is 1.12 bits per heavy atom. The van der Waals surface area contributed by atoms with Crippen LogP contribution >= 0.6 is 0 Å². The summed E-state index contributed by atoms with van der Waals surface area (Å²) in [6, 6.07) is 0.246. The molecule has 1 saturated heterocycles. The Kier molecular flexibility index (Phi) is 5.78. The summed E-state index contributed by atoms with van der Waals surface area (Å²) in [4.78, 5) is 24.5. The molecule has 0 atom stereocenters.